The fourth-order valence-electron chi connectivity index (χ4n) is 2.37. The van der Waals surface area contributed by atoms with Gasteiger partial charge in [-0.15, -0.1) is 0 Å². The third kappa shape index (κ3) is 2.62. The van der Waals surface area contributed by atoms with Gasteiger partial charge in [-0.2, -0.15) is 0 Å². The number of halogens is 2. The second-order valence-electron chi connectivity index (χ2n) is 5.14. The van der Waals surface area contributed by atoms with Gasteiger partial charge in [-0.05, 0) is 31.2 Å². The zero-order chi connectivity index (χ0) is 15.0. The number of nitrogen functional groups attached to an aromatic ring is 1. The van der Waals surface area contributed by atoms with Crippen molar-refractivity contribution >= 4 is 35.1 Å². The van der Waals surface area contributed by atoms with E-state index in [1.54, 1.807) is 24.4 Å². The first kappa shape index (κ1) is 14.3. The largest absolute Gasteiger partial charge is 0.399 e. The molecule has 0 saturated heterocycles. The molecule has 1 aliphatic heterocycles. The van der Waals surface area contributed by atoms with Crippen LogP contribution in [0.4, 0.5) is 5.69 Å². The molecule has 1 aliphatic rings. The number of nitrogens with two attached hydrogens (primary N) is 1. The minimum Gasteiger partial charge on any atom is -0.399 e. The van der Waals surface area contributed by atoms with Crippen molar-refractivity contribution in [3.8, 4) is 0 Å². The Balaban J connectivity index is 1.94. The van der Waals surface area contributed by atoms with Crippen LogP contribution in [0.15, 0.2) is 41.5 Å². The standard InChI is InChI=1S/C15H14Cl2N4/c1-15(12-7-9(18)5-6-19-12)8-20-14(21-15)13-10(16)3-2-4-11(13)17/h2-8,14,21H,1H3,(H2,18,19). The second-order valence-corrected chi connectivity index (χ2v) is 5.95. The molecule has 1 aromatic heterocycles. The molecular formula is C15H14Cl2N4. The van der Waals surface area contributed by atoms with Crippen LogP contribution in [-0.4, -0.2) is 11.2 Å². The average molecular weight is 321 g/mol. The lowest BCUT2D eigenvalue weighted by atomic mass is 9.99. The van der Waals surface area contributed by atoms with Crippen LogP contribution in [0.2, 0.25) is 10.0 Å². The van der Waals surface area contributed by atoms with Crippen LogP contribution in [0.3, 0.4) is 0 Å². The second kappa shape index (κ2) is 5.30. The molecule has 0 amide bonds. The van der Waals surface area contributed by atoms with E-state index in [1.807, 2.05) is 25.3 Å². The summed E-state index contributed by atoms with van der Waals surface area (Å²) in [6, 6.07) is 8.99. The van der Waals surface area contributed by atoms with Gasteiger partial charge in [0.1, 0.15) is 6.17 Å². The summed E-state index contributed by atoms with van der Waals surface area (Å²) in [7, 11) is 0. The summed E-state index contributed by atoms with van der Waals surface area (Å²) < 4.78 is 0. The molecule has 0 saturated carbocycles. The van der Waals surface area contributed by atoms with Crippen molar-refractivity contribution in [2.24, 2.45) is 4.99 Å². The molecule has 0 spiro atoms. The van der Waals surface area contributed by atoms with Gasteiger partial charge < -0.3 is 5.73 Å². The van der Waals surface area contributed by atoms with Crippen molar-refractivity contribution in [1.82, 2.24) is 10.3 Å². The summed E-state index contributed by atoms with van der Waals surface area (Å²) in [4.78, 5) is 8.87. The summed E-state index contributed by atoms with van der Waals surface area (Å²) >= 11 is 12.5. The molecule has 3 rings (SSSR count). The molecule has 1 aromatic carbocycles. The number of aromatic nitrogens is 1. The molecule has 0 radical (unpaired) electrons. The van der Waals surface area contributed by atoms with E-state index >= 15 is 0 Å². The Kier molecular flexibility index (Phi) is 3.61. The van der Waals surface area contributed by atoms with Crippen LogP contribution in [0.1, 0.15) is 24.3 Å². The molecule has 0 bridgehead atoms. The van der Waals surface area contributed by atoms with E-state index in [2.05, 4.69) is 15.3 Å². The minimum absolute atomic E-state index is 0.306. The van der Waals surface area contributed by atoms with Gasteiger partial charge in [-0.25, -0.2) is 0 Å². The van der Waals surface area contributed by atoms with Gasteiger partial charge in [-0.1, -0.05) is 29.3 Å². The Morgan fingerprint density at radius 3 is 2.62 bits per heavy atom. The highest BCUT2D eigenvalue weighted by molar-refractivity contribution is 6.36. The van der Waals surface area contributed by atoms with Crippen LogP contribution in [0, 0.1) is 0 Å². The first-order valence-corrected chi connectivity index (χ1v) is 7.23. The van der Waals surface area contributed by atoms with E-state index in [0.717, 1.165) is 11.3 Å². The molecule has 108 valence electrons. The highest BCUT2D eigenvalue weighted by Crippen LogP contribution is 2.36. The monoisotopic (exact) mass is 320 g/mol. The molecule has 0 aliphatic carbocycles. The normalized spacial score (nSPS) is 24.4. The molecule has 2 heterocycles. The molecule has 0 fully saturated rings. The van der Waals surface area contributed by atoms with Crippen molar-refractivity contribution in [3.05, 3.63) is 57.8 Å². The molecule has 6 heteroatoms. The number of hydrogen-bond acceptors (Lipinski definition) is 4. The number of aliphatic imine (C=N–C) groups is 1. The van der Waals surface area contributed by atoms with Gasteiger partial charge in [0.15, 0.2) is 0 Å². The van der Waals surface area contributed by atoms with Crippen molar-refractivity contribution in [1.29, 1.82) is 0 Å². The van der Waals surface area contributed by atoms with Crippen molar-refractivity contribution < 1.29 is 0 Å². The maximum Gasteiger partial charge on any atom is 0.129 e. The maximum absolute atomic E-state index is 6.24. The minimum atomic E-state index is -0.511. The van der Waals surface area contributed by atoms with Crippen molar-refractivity contribution in [3.63, 3.8) is 0 Å². The molecule has 2 aromatic rings. The molecule has 3 N–H and O–H groups in total. The number of pyridine rings is 1. The zero-order valence-corrected chi connectivity index (χ0v) is 12.9. The highest BCUT2D eigenvalue weighted by atomic mass is 35.5. The van der Waals surface area contributed by atoms with Crippen molar-refractivity contribution in [2.75, 3.05) is 5.73 Å². The summed E-state index contributed by atoms with van der Waals surface area (Å²) in [5, 5.41) is 4.57. The molecule has 4 nitrogen and oxygen atoms in total. The van der Waals surface area contributed by atoms with Gasteiger partial charge in [0.2, 0.25) is 0 Å². The topological polar surface area (TPSA) is 63.3 Å². The Hall–Kier alpha value is -1.62. The van der Waals surface area contributed by atoms with E-state index < -0.39 is 5.54 Å². The third-order valence-electron chi connectivity index (χ3n) is 3.51. The van der Waals surface area contributed by atoms with Crippen LogP contribution in [0.25, 0.3) is 0 Å². The first-order chi connectivity index (χ1) is 9.99. The van der Waals surface area contributed by atoms with E-state index in [1.165, 1.54) is 0 Å². The quantitative estimate of drug-likeness (QED) is 0.889. The van der Waals surface area contributed by atoms with Gasteiger partial charge >= 0.3 is 0 Å². The van der Waals surface area contributed by atoms with Crippen LogP contribution in [-0.2, 0) is 5.54 Å². The van der Waals surface area contributed by atoms with Gasteiger partial charge in [-0.3, -0.25) is 15.3 Å². The van der Waals surface area contributed by atoms with Gasteiger partial charge in [0.05, 0.1) is 11.2 Å². The summed E-state index contributed by atoms with van der Waals surface area (Å²) in [5.74, 6) is 0. The molecular weight excluding hydrogens is 307 g/mol. The zero-order valence-electron chi connectivity index (χ0n) is 11.3. The lowest BCUT2D eigenvalue weighted by Crippen LogP contribution is -2.38. The lowest BCUT2D eigenvalue weighted by molar-refractivity contribution is 0.453. The number of nitrogens with zero attached hydrogens (tertiary/aromatic N) is 2. The van der Waals surface area contributed by atoms with Crippen LogP contribution in [0.5, 0.6) is 0 Å². The van der Waals surface area contributed by atoms with Gasteiger partial charge in [0, 0.05) is 33.7 Å². The fourth-order valence-corrected chi connectivity index (χ4v) is 2.98. The predicted molar refractivity (Wildman–Crippen MR) is 86.8 cm³/mol. The van der Waals surface area contributed by atoms with E-state index in [9.17, 15) is 0 Å². The summed E-state index contributed by atoms with van der Waals surface area (Å²) in [5.41, 5.74) is 7.55. The molecule has 2 unspecified atom stereocenters. The number of hydrogen-bond donors (Lipinski definition) is 2. The maximum atomic E-state index is 6.24. The number of rotatable bonds is 2. The summed E-state index contributed by atoms with van der Waals surface area (Å²) in [6.07, 6.45) is 3.19. The van der Waals surface area contributed by atoms with Crippen LogP contribution < -0.4 is 11.1 Å². The Bertz CT molecular complexity index is 696. The number of anilines is 1. The Morgan fingerprint density at radius 2 is 1.95 bits per heavy atom. The predicted octanol–water partition coefficient (Wildman–Crippen LogP) is 3.56. The number of benzene rings is 1. The highest BCUT2D eigenvalue weighted by Gasteiger charge is 2.35. The molecule has 21 heavy (non-hydrogen) atoms. The number of nitrogens with one attached hydrogen (secondary N) is 1. The third-order valence-corrected chi connectivity index (χ3v) is 4.17. The van der Waals surface area contributed by atoms with Crippen LogP contribution >= 0.6 is 23.2 Å². The summed E-state index contributed by atoms with van der Waals surface area (Å²) in [6.45, 7) is 1.99. The molecule has 2 atom stereocenters. The smallest absolute Gasteiger partial charge is 0.129 e. The Morgan fingerprint density at radius 1 is 1.24 bits per heavy atom. The average Bonchev–Trinajstić information content (AvgIpc) is 2.82. The van der Waals surface area contributed by atoms with E-state index in [0.29, 0.717) is 15.7 Å². The Labute approximate surface area is 133 Å². The van der Waals surface area contributed by atoms with E-state index in [4.69, 9.17) is 28.9 Å². The fraction of sp³-hybridized carbons (Fsp3) is 0.200. The SMILES string of the molecule is CC1(c2cc(N)ccn2)C=NC(c2c(Cl)cccc2Cl)N1. The van der Waals surface area contributed by atoms with Gasteiger partial charge in [0.25, 0.3) is 0 Å². The lowest BCUT2D eigenvalue weighted by Gasteiger charge is -2.24. The van der Waals surface area contributed by atoms with Crippen molar-refractivity contribution in [2.45, 2.75) is 18.6 Å². The van der Waals surface area contributed by atoms with E-state index in [-0.39, 0.29) is 6.17 Å². The first-order valence-electron chi connectivity index (χ1n) is 6.47.